The second kappa shape index (κ2) is 11.8. The minimum absolute atomic E-state index is 0.0268. The zero-order chi connectivity index (χ0) is 23.8. The third-order valence-corrected chi connectivity index (χ3v) is 7.19. The van der Waals surface area contributed by atoms with Gasteiger partial charge in [0.05, 0.1) is 6.04 Å². The van der Waals surface area contributed by atoms with Crippen molar-refractivity contribution in [1.29, 1.82) is 0 Å². The number of carbonyl (C=O) groups excluding carboxylic acids is 2. The minimum Gasteiger partial charge on any atom is -0.369 e. The summed E-state index contributed by atoms with van der Waals surface area (Å²) in [5.41, 5.74) is 2.37. The van der Waals surface area contributed by atoms with E-state index in [1.807, 2.05) is 49.4 Å². The Morgan fingerprint density at radius 1 is 0.882 bits per heavy atom. The van der Waals surface area contributed by atoms with Crippen LogP contribution in [0.2, 0.25) is 0 Å². The molecule has 2 N–H and O–H groups in total. The average molecular weight is 477 g/mol. The fourth-order valence-corrected chi connectivity index (χ4v) is 5.46. The molecule has 7 heteroatoms. The molecule has 0 spiro atoms. The smallest absolute Gasteiger partial charge is 0.309 e. The summed E-state index contributed by atoms with van der Waals surface area (Å²) >= 11 is 1.69. The van der Waals surface area contributed by atoms with E-state index in [0.717, 1.165) is 31.7 Å². The Morgan fingerprint density at radius 2 is 1.56 bits per heavy atom. The van der Waals surface area contributed by atoms with Crippen LogP contribution in [0.1, 0.15) is 23.4 Å². The molecule has 1 aromatic heterocycles. The van der Waals surface area contributed by atoms with Crippen LogP contribution in [-0.2, 0) is 16.0 Å². The van der Waals surface area contributed by atoms with Gasteiger partial charge in [0.15, 0.2) is 0 Å². The van der Waals surface area contributed by atoms with Gasteiger partial charge in [-0.25, -0.2) is 0 Å². The number of anilines is 1. The number of nitrogens with zero attached hydrogens (tertiary/aromatic N) is 2. The normalized spacial score (nSPS) is 16.0. The van der Waals surface area contributed by atoms with Gasteiger partial charge in [-0.05, 0) is 42.5 Å². The summed E-state index contributed by atoms with van der Waals surface area (Å²) in [4.78, 5) is 31.1. The summed E-state index contributed by atoms with van der Waals surface area (Å²) in [6, 6.07) is 24.4. The van der Waals surface area contributed by atoms with Gasteiger partial charge in [0, 0.05) is 49.3 Å². The van der Waals surface area contributed by atoms with Crippen molar-refractivity contribution >= 4 is 28.8 Å². The van der Waals surface area contributed by atoms with Crippen LogP contribution in [0.4, 0.5) is 5.69 Å². The quantitative estimate of drug-likeness (QED) is 0.489. The molecule has 34 heavy (non-hydrogen) atoms. The summed E-state index contributed by atoms with van der Waals surface area (Å²) in [6.07, 6.45) is 0.693. The lowest BCUT2D eigenvalue weighted by Crippen LogP contribution is -2.53. The molecule has 0 unspecified atom stereocenters. The molecule has 2 atom stereocenters. The van der Waals surface area contributed by atoms with Crippen LogP contribution in [0.25, 0.3) is 0 Å². The lowest BCUT2D eigenvalue weighted by molar-refractivity contribution is -0.139. The maximum absolute atomic E-state index is 12.6. The van der Waals surface area contributed by atoms with Crippen LogP contribution in [0.5, 0.6) is 0 Å². The first-order valence-electron chi connectivity index (χ1n) is 11.8. The van der Waals surface area contributed by atoms with Crippen molar-refractivity contribution in [3.05, 3.63) is 88.6 Å². The number of carbonyl (C=O) groups is 2. The van der Waals surface area contributed by atoms with Crippen LogP contribution >= 0.6 is 11.3 Å². The van der Waals surface area contributed by atoms with E-state index in [1.54, 1.807) is 11.3 Å². The number of hydrogen-bond acceptors (Lipinski definition) is 5. The van der Waals surface area contributed by atoms with E-state index >= 15 is 0 Å². The fourth-order valence-electron chi connectivity index (χ4n) is 4.50. The highest BCUT2D eigenvalue weighted by molar-refractivity contribution is 7.10. The molecule has 2 amide bonds. The molecule has 1 aliphatic heterocycles. The number of para-hydroxylation sites is 1. The van der Waals surface area contributed by atoms with E-state index in [1.165, 1.54) is 10.6 Å². The molecular weight excluding hydrogens is 444 g/mol. The Balaban J connectivity index is 1.33. The summed E-state index contributed by atoms with van der Waals surface area (Å²) in [6.45, 7) is 6.05. The standard InChI is InChI=1S/C27H32N4O2S/c1-21(29-27(33)26(32)28-15-14-22-9-4-2-5-10-22)25(24-13-8-20-34-24)31-18-16-30(17-19-31)23-11-6-3-7-12-23/h2-13,20-21,25H,14-19H2,1H3,(H,28,32)(H,29,33)/t21-,25+/m1/s1. The van der Waals surface area contributed by atoms with Crippen LogP contribution in [0, 0.1) is 0 Å². The maximum atomic E-state index is 12.6. The molecule has 4 rings (SSSR count). The predicted molar refractivity (Wildman–Crippen MR) is 138 cm³/mol. The lowest BCUT2D eigenvalue weighted by atomic mass is 10.0. The number of benzene rings is 2. The molecule has 178 valence electrons. The lowest BCUT2D eigenvalue weighted by Gasteiger charge is -2.42. The SMILES string of the molecule is C[C@@H](NC(=O)C(=O)NCCc1ccccc1)[C@@H](c1cccs1)N1CCN(c2ccccc2)CC1. The van der Waals surface area contributed by atoms with Crippen molar-refractivity contribution in [3.8, 4) is 0 Å². The molecule has 3 aromatic rings. The Kier molecular flexibility index (Phi) is 8.33. The molecule has 0 bridgehead atoms. The maximum Gasteiger partial charge on any atom is 0.309 e. The first-order chi connectivity index (χ1) is 16.6. The predicted octanol–water partition coefficient (Wildman–Crippen LogP) is 3.48. The van der Waals surface area contributed by atoms with Gasteiger partial charge >= 0.3 is 11.8 Å². The first-order valence-corrected chi connectivity index (χ1v) is 12.7. The molecule has 0 radical (unpaired) electrons. The van der Waals surface area contributed by atoms with Crippen molar-refractivity contribution in [1.82, 2.24) is 15.5 Å². The first kappa shape index (κ1) is 24.0. The van der Waals surface area contributed by atoms with Crippen LogP contribution in [-0.4, -0.2) is 55.5 Å². The minimum atomic E-state index is -0.582. The number of rotatable bonds is 8. The van der Waals surface area contributed by atoms with Crippen molar-refractivity contribution in [3.63, 3.8) is 0 Å². The van der Waals surface area contributed by atoms with Gasteiger partial charge in [0.2, 0.25) is 0 Å². The van der Waals surface area contributed by atoms with Gasteiger partial charge in [-0.1, -0.05) is 54.6 Å². The molecule has 0 aliphatic carbocycles. The number of hydrogen-bond donors (Lipinski definition) is 2. The van der Waals surface area contributed by atoms with E-state index < -0.39 is 11.8 Å². The molecule has 0 saturated carbocycles. The van der Waals surface area contributed by atoms with Crippen molar-refractivity contribution < 1.29 is 9.59 Å². The highest BCUT2D eigenvalue weighted by atomic mass is 32.1. The molecular formula is C27H32N4O2S. The fraction of sp³-hybridized carbons (Fsp3) is 0.333. The number of amides is 2. The van der Waals surface area contributed by atoms with Gasteiger partial charge in [-0.2, -0.15) is 0 Å². The highest BCUT2D eigenvalue weighted by Crippen LogP contribution is 2.30. The van der Waals surface area contributed by atoms with E-state index in [4.69, 9.17) is 0 Å². The third kappa shape index (κ3) is 6.24. The number of nitrogens with one attached hydrogen (secondary N) is 2. The zero-order valence-electron chi connectivity index (χ0n) is 19.5. The Morgan fingerprint density at radius 3 is 2.21 bits per heavy atom. The van der Waals surface area contributed by atoms with E-state index in [0.29, 0.717) is 13.0 Å². The van der Waals surface area contributed by atoms with Crippen LogP contribution in [0.15, 0.2) is 78.2 Å². The molecule has 6 nitrogen and oxygen atoms in total. The summed E-state index contributed by atoms with van der Waals surface area (Å²) in [7, 11) is 0. The summed E-state index contributed by atoms with van der Waals surface area (Å²) in [5.74, 6) is -1.16. The van der Waals surface area contributed by atoms with Gasteiger partial charge < -0.3 is 15.5 Å². The van der Waals surface area contributed by atoms with Gasteiger partial charge in [0.25, 0.3) is 0 Å². The molecule has 1 saturated heterocycles. The Bertz CT molecular complexity index is 1040. The number of piperazine rings is 1. The Labute approximate surface area is 205 Å². The molecule has 2 aromatic carbocycles. The van der Waals surface area contributed by atoms with E-state index in [9.17, 15) is 9.59 Å². The second-order valence-corrected chi connectivity index (χ2v) is 9.55. The van der Waals surface area contributed by atoms with Crippen molar-refractivity contribution in [2.45, 2.75) is 25.4 Å². The Hall–Kier alpha value is -3.16. The van der Waals surface area contributed by atoms with Crippen molar-refractivity contribution in [2.75, 3.05) is 37.6 Å². The summed E-state index contributed by atoms with van der Waals surface area (Å²) < 4.78 is 0. The van der Waals surface area contributed by atoms with Gasteiger partial charge in [-0.15, -0.1) is 11.3 Å². The van der Waals surface area contributed by atoms with Gasteiger partial charge in [-0.3, -0.25) is 14.5 Å². The van der Waals surface area contributed by atoms with E-state index in [-0.39, 0.29) is 12.1 Å². The third-order valence-electron chi connectivity index (χ3n) is 6.24. The van der Waals surface area contributed by atoms with Crippen molar-refractivity contribution in [2.24, 2.45) is 0 Å². The van der Waals surface area contributed by atoms with Crippen LogP contribution in [0.3, 0.4) is 0 Å². The monoisotopic (exact) mass is 476 g/mol. The van der Waals surface area contributed by atoms with Gasteiger partial charge in [0.1, 0.15) is 0 Å². The highest BCUT2D eigenvalue weighted by Gasteiger charge is 2.31. The molecule has 1 aliphatic rings. The molecule has 2 heterocycles. The molecule has 1 fully saturated rings. The average Bonchev–Trinajstić information content (AvgIpc) is 3.40. The van der Waals surface area contributed by atoms with E-state index in [2.05, 4.69) is 56.1 Å². The largest absolute Gasteiger partial charge is 0.369 e. The second-order valence-electron chi connectivity index (χ2n) is 8.57. The zero-order valence-corrected chi connectivity index (χ0v) is 20.3. The topological polar surface area (TPSA) is 64.7 Å². The van der Waals surface area contributed by atoms with Crippen LogP contribution < -0.4 is 15.5 Å². The number of thiophene rings is 1. The summed E-state index contributed by atoms with van der Waals surface area (Å²) in [5, 5.41) is 7.77.